The van der Waals surface area contributed by atoms with Crippen LogP contribution in [0.2, 0.25) is 0 Å². The van der Waals surface area contributed by atoms with Gasteiger partial charge in [0.25, 0.3) is 0 Å². The Morgan fingerprint density at radius 1 is 1.20 bits per heavy atom. The molecule has 6 nitrogen and oxygen atoms in total. The van der Waals surface area contributed by atoms with Crippen molar-refractivity contribution in [2.24, 2.45) is 5.41 Å². The molecular formula is C14H26N2O4. The third-order valence-corrected chi connectivity index (χ3v) is 2.76. The smallest absolute Gasteiger partial charge is 0.319 e. The summed E-state index contributed by atoms with van der Waals surface area (Å²) < 4.78 is 4.89. The lowest BCUT2D eigenvalue weighted by Crippen LogP contribution is -2.44. The molecule has 1 N–H and O–H groups in total. The summed E-state index contributed by atoms with van der Waals surface area (Å²) in [4.78, 5) is 37.0. The number of hydrogen-bond acceptors (Lipinski definition) is 5. The maximum Gasteiger partial charge on any atom is 0.319 e. The Kier molecular flexibility index (Phi) is 7.42. The number of carbonyl (C=O) groups excluding carboxylic acids is 3. The number of ether oxygens (including phenoxy) is 1. The Labute approximate surface area is 120 Å². The first kappa shape index (κ1) is 18.6. The first-order valence-electron chi connectivity index (χ1n) is 6.79. The molecule has 20 heavy (non-hydrogen) atoms. The predicted molar refractivity (Wildman–Crippen MR) is 76.2 cm³/mol. The third kappa shape index (κ3) is 6.14. The van der Waals surface area contributed by atoms with Crippen molar-refractivity contribution in [1.82, 2.24) is 10.2 Å². The number of nitrogens with one attached hydrogen (secondary N) is 1. The lowest BCUT2D eigenvalue weighted by Gasteiger charge is -2.24. The van der Waals surface area contributed by atoms with Gasteiger partial charge in [-0.1, -0.05) is 0 Å². The second-order valence-corrected chi connectivity index (χ2v) is 5.66. The Hall–Kier alpha value is -1.43. The molecule has 0 radical (unpaired) electrons. The Morgan fingerprint density at radius 3 is 2.20 bits per heavy atom. The van der Waals surface area contributed by atoms with Crippen molar-refractivity contribution in [3.63, 3.8) is 0 Å². The molecule has 0 aliphatic rings. The van der Waals surface area contributed by atoms with E-state index < -0.39 is 11.4 Å². The molecule has 0 aromatic carbocycles. The van der Waals surface area contributed by atoms with Crippen molar-refractivity contribution in [2.75, 3.05) is 26.7 Å². The Bertz CT molecular complexity index is 364. The van der Waals surface area contributed by atoms with Crippen molar-refractivity contribution in [2.45, 2.75) is 40.7 Å². The highest BCUT2D eigenvalue weighted by atomic mass is 16.5. The summed E-state index contributed by atoms with van der Waals surface area (Å²) in [5, 5.41) is 2.75. The van der Waals surface area contributed by atoms with Gasteiger partial charge in [-0.2, -0.15) is 0 Å². The van der Waals surface area contributed by atoms with E-state index in [1.165, 1.54) is 13.8 Å². The van der Waals surface area contributed by atoms with Crippen LogP contribution in [-0.4, -0.2) is 55.3 Å². The number of Topliss-reactive ketones (excluding diaryl/α,β-unsaturated/α-hetero) is 1. The van der Waals surface area contributed by atoms with Crippen LogP contribution in [0.5, 0.6) is 0 Å². The molecule has 0 spiro atoms. The van der Waals surface area contributed by atoms with Crippen LogP contribution >= 0.6 is 0 Å². The standard InChI is InChI=1S/C14H26N2O4/c1-7-20-13(19)14(4,5)11(17)8-16(6)9-12(18)15-10(2)3/h10H,7-9H2,1-6H3,(H,15,18). The van der Waals surface area contributed by atoms with Gasteiger partial charge in [0.1, 0.15) is 5.41 Å². The minimum Gasteiger partial charge on any atom is -0.465 e. The first-order valence-corrected chi connectivity index (χ1v) is 6.79. The van der Waals surface area contributed by atoms with Crippen LogP contribution in [0.25, 0.3) is 0 Å². The minimum atomic E-state index is -1.20. The average molecular weight is 286 g/mol. The topological polar surface area (TPSA) is 75.7 Å². The van der Waals surface area contributed by atoms with Crippen molar-refractivity contribution in [1.29, 1.82) is 0 Å². The predicted octanol–water partition coefficient (Wildman–Crippen LogP) is 0.601. The lowest BCUT2D eigenvalue weighted by molar-refractivity contribution is -0.158. The molecule has 0 aromatic rings. The first-order chi connectivity index (χ1) is 9.11. The van der Waals surface area contributed by atoms with Gasteiger partial charge in [-0.05, 0) is 41.7 Å². The fraction of sp³-hybridized carbons (Fsp3) is 0.786. The summed E-state index contributed by atoms with van der Waals surface area (Å²) in [6.07, 6.45) is 0. The number of ketones is 1. The van der Waals surface area contributed by atoms with Crippen molar-refractivity contribution < 1.29 is 19.1 Å². The fourth-order valence-corrected chi connectivity index (χ4v) is 1.54. The quantitative estimate of drug-likeness (QED) is 0.522. The number of carbonyl (C=O) groups is 3. The van der Waals surface area contributed by atoms with Crippen LogP contribution in [-0.2, 0) is 19.1 Å². The average Bonchev–Trinajstić information content (AvgIpc) is 2.27. The second kappa shape index (κ2) is 7.99. The highest BCUT2D eigenvalue weighted by Gasteiger charge is 2.37. The van der Waals surface area contributed by atoms with Crippen LogP contribution in [0.1, 0.15) is 34.6 Å². The van der Waals surface area contributed by atoms with Gasteiger partial charge >= 0.3 is 5.97 Å². The molecule has 0 saturated heterocycles. The van der Waals surface area contributed by atoms with Crippen LogP contribution in [0, 0.1) is 5.41 Å². The van der Waals surface area contributed by atoms with Gasteiger partial charge in [0.15, 0.2) is 5.78 Å². The van der Waals surface area contributed by atoms with E-state index in [-0.39, 0.29) is 37.4 Å². The summed E-state index contributed by atoms with van der Waals surface area (Å²) in [6, 6.07) is 0.0579. The Morgan fingerprint density at radius 2 is 1.75 bits per heavy atom. The molecule has 0 bridgehead atoms. The van der Waals surface area contributed by atoms with E-state index in [1.54, 1.807) is 18.9 Å². The zero-order chi connectivity index (χ0) is 15.9. The summed E-state index contributed by atoms with van der Waals surface area (Å²) in [7, 11) is 1.67. The van der Waals surface area contributed by atoms with E-state index in [0.717, 1.165) is 0 Å². The van der Waals surface area contributed by atoms with Crippen molar-refractivity contribution in [3.05, 3.63) is 0 Å². The van der Waals surface area contributed by atoms with Crippen LogP contribution < -0.4 is 5.32 Å². The summed E-state index contributed by atoms with van der Waals surface area (Å²) in [6.45, 7) is 8.88. The molecule has 0 aliphatic carbocycles. The van der Waals surface area contributed by atoms with E-state index in [9.17, 15) is 14.4 Å². The van der Waals surface area contributed by atoms with Gasteiger partial charge in [-0.25, -0.2) is 0 Å². The molecule has 0 aromatic heterocycles. The molecule has 0 atom stereocenters. The van der Waals surface area contributed by atoms with E-state index >= 15 is 0 Å². The molecular weight excluding hydrogens is 260 g/mol. The van der Waals surface area contributed by atoms with E-state index in [0.29, 0.717) is 0 Å². The lowest BCUT2D eigenvalue weighted by atomic mass is 9.88. The molecule has 116 valence electrons. The Balaban J connectivity index is 4.44. The van der Waals surface area contributed by atoms with E-state index in [1.807, 2.05) is 13.8 Å². The SMILES string of the molecule is CCOC(=O)C(C)(C)C(=O)CN(C)CC(=O)NC(C)C. The van der Waals surface area contributed by atoms with E-state index in [4.69, 9.17) is 4.74 Å². The number of amides is 1. The largest absolute Gasteiger partial charge is 0.465 e. The van der Waals surface area contributed by atoms with Gasteiger partial charge < -0.3 is 10.1 Å². The van der Waals surface area contributed by atoms with Crippen LogP contribution in [0.4, 0.5) is 0 Å². The van der Waals surface area contributed by atoms with Gasteiger partial charge in [-0.15, -0.1) is 0 Å². The molecule has 0 unspecified atom stereocenters. The molecule has 6 heteroatoms. The molecule has 0 rings (SSSR count). The monoisotopic (exact) mass is 286 g/mol. The molecule has 0 heterocycles. The number of esters is 1. The zero-order valence-electron chi connectivity index (χ0n) is 13.3. The van der Waals surface area contributed by atoms with Gasteiger partial charge in [0.2, 0.25) is 5.91 Å². The van der Waals surface area contributed by atoms with Crippen LogP contribution in [0.15, 0.2) is 0 Å². The third-order valence-electron chi connectivity index (χ3n) is 2.76. The number of nitrogens with zero attached hydrogens (tertiary/aromatic N) is 1. The van der Waals surface area contributed by atoms with Crippen LogP contribution in [0.3, 0.4) is 0 Å². The normalized spacial score (nSPS) is 11.6. The summed E-state index contributed by atoms with van der Waals surface area (Å²) in [5.41, 5.74) is -1.20. The zero-order valence-corrected chi connectivity index (χ0v) is 13.3. The van der Waals surface area contributed by atoms with Gasteiger partial charge in [0.05, 0.1) is 19.7 Å². The maximum atomic E-state index is 12.1. The second-order valence-electron chi connectivity index (χ2n) is 5.66. The minimum absolute atomic E-state index is 0.0251. The summed E-state index contributed by atoms with van der Waals surface area (Å²) in [5.74, 6) is -0.954. The number of hydrogen-bond donors (Lipinski definition) is 1. The highest BCUT2D eigenvalue weighted by Crippen LogP contribution is 2.19. The van der Waals surface area contributed by atoms with Crippen molar-refractivity contribution in [3.8, 4) is 0 Å². The maximum absolute atomic E-state index is 12.1. The molecule has 0 fully saturated rings. The molecule has 0 saturated carbocycles. The van der Waals surface area contributed by atoms with Crippen molar-refractivity contribution >= 4 is 17.7 Å². The number of likely N-dealkylation sites (N-methyl/N-ethyl adjacent to an activating group) is 1. The number of rotatable bonds is 8. The fourth-order valence-electron chi connectivity index (χ4n) is 1.54. The molecule has 1 amide bonds. The van der Waals surface area contributed by atoms with E-state index in [2.05, 4.69) is 5.32 Å². The van der Waals surface area contributed by atoms with Gasteiger partial charge in [-0.3, -0.25) is 19.3 Å². The summed E-state index contributed by atoms with van der Waals surface area (Å²) >= 11 is 0. The molecule has 0 aliphatic heterocycles. The van der Waals surface area contributed by atoms with Gasteiger partial charge in [0, 0.05) is 6.04 Å². The highest BCUT2D eigenvalue weighted by molar-refractivity contribution is 6.04.